The van der Waals surface area contributed by atoms with Gasteiger partial charge in [-0.05, 0) is 82.5 Å². The van der Waals surface area contributed by atoms with Crippen molar-refractivity contribution in [1.29, 1.82) is 0 Å². The molecule has 37 heavy (non-hydrogen) atoms. The third-order valence-corrected chi connectivity index (χ3v) is 9.56. The predicted molar refractivity (Wildman–Crippen MR) is 140 cm³/mol. The van der Waals surface area contributed by atoms with Crippen LogP contribution in [0.4, 0.5) is 0 Å². The van der Waals surface area contributed by atoms with Gasteiger partial charge in [-0.2, -0.15) is 0 Å². The number of benzene rings is 3. The number of carbonyl (C=O) groups is 1. The summed E-state index contributed by atoms with van der Waals surface area (Å²) in [5, 5.41) is 0. The Morgan fingerprint density at radius 2 is 1.32 bits per heavy atom. The summed E-state index contributed by atoms with van der Waals surface area (Å²) < 4.78 is 41.9. The molecule has 0 aromatic heterocycles. The lowest BCUT2D eigenvalue weighted by Crippen LogP contribution is -2.49. The standard InChI is InChI=1S/C31H32O5S/c1-31(2,3)29-27-22-14-8-6-12-20(22)26(21-13-7-9-15-23(21)27)28(29)30(32)36-24-16-17-25(37(33,34)35)19-11-5-4-10-18(19)24/h6-9,12-17,26-29H,4-5,10-11H2,1-3H3,(H,33,34,35)/p-1. The first kappa shape index (κ1) is 24.4. The molecule has 4 aliphatic carbocycles. The molecule has 0 fully saturated rings. The smallest absolute Gasteiger partial charge is 0.315 e. The van der Waals surface area contributed by atoms with Gasteiger partial charge in [0, 0.05) is 11.8 Å². The van der Waals surface area contributed by atoms with E-state index in [1.54, 1.807) is 0 Å². The minimum atomic E-state index is -4.60. The molecular formula is C31H31O5S-. The topological polar surface area (TPSA) is 83.5 Å². The third kappa shape index (κ3) is 3.84. The lowest BCUT2D eigenvalue weighted by atomic mass is 9.49. The Bertz CT molecular complexity index is 1470. The summed E-state index contributed by atoms with van der Waals surface area (Å²) in [6.07, 6.45) is 2.75. The zero-order chi connectivity index (χ0) is 26.1. The second kappa shape index (κ2) is 8.53. The van der Waals surface area contributed by atoms with Crippen LogP contribution in [0.2, 0.25) is 0 Å². The van der Waals surface area contributed by atoms with Crippen molar-refractivity contribution in [3.05, 3.63) is 94.0 Å². The highest BCUT2D eigenvalue weighted by Gasteiger charge is 2.56. The fourth-order valence-corrected chi connectivity index (χ4v) is 8.07. The van der Waals surface area contributed by atoms with Crippen LogP contribution in [-0.2, 0) is 27.8 Å². The molecule has 192 valence electrons. The van der Waals surface area contributed by atoms with Gasteiger partial charge in [-0.3, -0.25) is 4.79 Å². The van der Waals surface area contributed by atoms with E-state index >= 15 is 0 Å². The first-order chi connectivity index (χ1) is 17.6. The molecule has 0 radical (unpaired) electrons. The summed E-state index contributed by atoms with van der Waals surface area (Å²) in [7, 11) is -4.60. The summed E-state index contributed by atoms with van der Waals surface area (Å²) >= 11 is 0. The summed E-state index contributed by atoms with van der Waals surface area (Å²) in [5.41, 5.74) is 5.97. The van der Waals surface area contributed by atoms with Crippen LogP contribution in [0.1, 0.15) is 78.8 Å². The van der Waals surface area contributed by atoms with Crippen LogP contribution < -0.4 is 4.74 Å². The van der Waals surface area contributed by atoms with Gasteiger partial charge in [0.15, 0.2) is 0 Å². The minimum Gasteiger partial charge on any atom is -0.744 e. The Labute approximate surface area is 218 Å². The zero-order valence-electron chi connectivity index (χ0n) is 21.4. The number of rotatable bonds is 3. The minimum absolute atomic E-state index is 0.0203. The molecule has 4 aliphatic rings. The van der Waals surface area contributed by atoms with Crippen molar-refractivity contribution in [2.75, 3.05) is 0 Å². The van der Waals surface area contributed by atoms with Gasteiger partial charge in [-0.25, -0.2) is 8.42 Å². The largest absolute Gasteiger partial charge is 0.744 e. The quantitative estimate of drug-likeness (QED) is 0.245. The molecule has 5 nitrogen and oxygen atoms in total. The average Bonchev–Trinajstić information content (AvgIpc) is 2.87. The van der Waals surface area contributed by atoms with E-state index in [0.717, 1.165) is 12.8 Å². The third-order valence-electron chi connectivity index (χ3n) is 8.64. The molecule has 0 saturated carbocycles. The molecule has 7 rings (SSSR count). The molecular weight excluding hydrogens is 484 g/mol. The van der Waals surface area contributed by atoms with Gasteiger partial charge in [0.2, 0.25) is 0 Å². The van der Waals surface area contributed by atoms with Crippen molar-refractivity contribution >= 4 is 16.1 Å². The van der Waals surface area contributed by atoms with Crippen molar-refractivity contribution in [2.24, 2.45) is 17.3 Å². The normalized spacial score (nSPS) is 24.1. The molecule has 3 aromatic carbocycles. The monoisotopic (exact) mass is 515 g/mol. The van der Waals surface area contributed by atoms with Gasteiger partial charge in [0.1, 0.15) is 15.9 Å². The van der Waals surface area contributed by atoms with Crippen LogP contribution >= 0.6 is 0 Å². The molecule has 0 aliphatic heterocycles. The van der Waals surface area contributed by atoms with Gasteiger partial charge in [0.25, 0.3) is 0 Å². The molecule has 0 N–H and O–H groups in total. The molecule has 2 atom stereocenters. The number of ether oxygens (including phenoxy) is 1. The van der Waals surface area contributed by atoms with E-state index in [0.29, 0.717) is 29.7 Å². The number of hydrogen-bond donors (Lipinski definition) is 0. The van der Waals surface area contributed by atoms with Crippen LogP contribution in [0.5, 0.6) is 5.75 Å². The number of fused-ring (bicyclic) bond motifs is 2. The fourth-order valence-electron chi connectivity index (χ4n) is 7.31. The summed E-state index contributed by atoms with van der Waals surface area (Å²) in [6, 6.07) is 19.7. The maximum atomic E-state index is 14.2. The van der Waals surface area contributed by atoms with Crippen LogP contribution in [0.3, 0.4) is 0 Å². The van der Waals surface area contributed by atoms with Crippen molar-refractivity contribution in [3.63, 3.8) is 0 Å². The van der Waals surface area contributed by atoms with Crippen LogP contribution in [0.25, 0.3) is 0 Å². The number of hydrogen-bond acceptors (Lipinski definition) is 5. The Morgan fingerprint density at radius 1 is 0.811 bits per heavy atom. The second-order valence-electron chi connectivity index (χ2n) is 11.7. The van der Waals surface area contributed by atoms with Gasteiger partial charge in [0.05, 0.1) is 10.8 Å². The Kier molecular flexibility index (Phi) is 5.62. The van der Waals surface area contributed by atoms with E-state index in [2.05, 4.69) is 57.2 Å². The molecule has 2 unspecified atom stereocenters. The van der Waals surface area contributed by atoms with E-state index in [1.807, 2.05) is 12.1 Å². The van der Waals surface area contributed by atoms with Gasteiger partial charge < -0.3 is 9.29 Å². The molecule has 6 heteroatoms. The zero-order valence-corrected chi connectivity index (χ0v) is 22.2. The number of carbonyl (C=O) groups excluding carboxylic acids is 1. The highest BCUT2D eigenvalue weighted by molar-refractivity contribution is 7.85. The van der Waals surface area contributed by atoms with E-state index in [4.69, 9.17) is 4.74 Å². The summed E-state index contributed by atoms with van der Waals surface area (Å²) in [4.78, 5) is 14.0. The lowest BCUT2D eigenvalue weighted by molar-refractivity contribution is -0.144. The Morgan fingerprint density at radius 3 is 1.84 bits per heavy atom. The number of esters is 1. The van der Waals surface area contributed by atoms with E-state index < -0.39 is 16.0 Å². The maximum Gasteiger partial charge on any atom is 0.315 e. The van der Waals surface area contributed by atoms with Crippen molar-refractivity contribution in [3.8, 4) is 5.75 Å². The SMILES string of the molecule is CC(C)(C)C1C2c3ccccc3C(c3ccccc32)C1C(=O)Oc1ccc(S(=O)(=O)[O-])c2c1CCCC2. The van der Waals surface area contributed by atoms with E-state index in [-0.39, 0.29) is 34.0 Å². The van der Waals surface area contributed by atoms with E-state index in [9.17, 15) is 17.8 Å². The molecule has 2 bridgehead atoms. The van der Waals surface area contributed by atoms with Crippen molar-refractivity contribution in [2.45, 2.75) is 63.2 Å². The molecule has 0 spiro atoms. The van der Waals surface area contributed by atoms with Crippen LogP contribution in [0.15, 0.2) is 65.6 Å². The highest BCUT2D eigenvalue weighted by Crippen LogP contribution is 2.62. The first-order valence-electron chi connectivity index (χ1n) is 13.1. The van der Waals surface area contributed by atoms with Crippen molar-refractivity contribution in [1.82, 2.24) is 0 Å². The average molecular weight is 516 g/mol. The molecule has 0 saturated heterocycles. The van der Waals surface area contributed by atoms with Crippen LogP contribution in [0, 0.1) is 17.3 Å². The highest BCUT2D eigenvalue weighted by atomic mass is 32.2. The second-order valence-corrected chi connectivity index (χ2v) is 13.1. The lowest BCUT2D eigenvalue weighted by Gasteiger charge is -2.54. The summed E-state index contributed by atoms with van der Waals surface area (Å²) in [6.45, 7) is 6.58. The molecule has 0 amide bonds. The van der Waals surface area contributed by atoms with Gasteiger partial charge >= 0.3 is 5.97 Å². The van der Waals surface area contributed by atoms with E-state index in [1.165, 1.54) is 34.4 Å². The maximum absolute atomic E-state index is 14.2. The Balaban J connectivity index is 1.47. The molecule has 3 aromatic rings. The van der Waals surface area contributed by atoms with Crippen LogP contribution in [-0.4, -0.2) is 18.9 Å². The van der Waals surface area contributed by atoms with Gasteiger partial charge in [-0.15, -0.1) is 0 Å². The summed E-state index contributed by atoms with van der Waals surface area (Å²) in [5.74, 6) is -0.306. The Hall–Kier alpha value is -2.96. The molecule has 0 heterocycles. The predicted octanol–water partition coefficient (Wildman–Crippen LogP) is 5.94. The van der Waals surface area contributed by atoms with Crippen molar-refractivity contribution < 1.29 is 22.5 Å². The fraction of sp³-hybridized carbons (Fsp3) is 0.387. The first-order valence-corrected chi connectivity index (χ1v) is 14.5. The van der Waals surface area contributed by atoms with Gasteiger partial charge in [-0.1, -0.05) is 69.3 Å².